The molecule has 7 nitrogen and oxygen atoms in total. The monoisotopic (exact) mass is 432 g/mol. The Bertz CT molecular complexity index is 643. The predicted octanol–water partition coefficient (Wildman–Crippen LogP) is 2.41. The summed E-state index contributed by atoms with van der Waals surface area (Å²) in [5.74, 6) is 1.53. The van der Waals surface area contributed by atoms with E-state index in [2.05, 4.69) is 46.7 Å². The number of rotatable bonds is 11. The highest BCUT2D eigenvalue weighted by molar-refractivity contribution is 5.79. The number of nitrogens with zero attached hydrogens (tertiary/aromatic N) is 2. The molecule has 0 spiro atoms. The third kappa shape index (κ3) is 9.15. The lowest BCUT2D eigenvalue weighted by molar-refractivity contribution is 0.0203. The molecule has 3 rings (SSSR count). The van der Waals surface area contributed by atoms with Gasteiger partial charge in [-0.15, -0.1) is 0 Å². The molecule has 2 saturated heterocycles. The van der Waals surface area contributed by atoms with Crippen molar-refractivity contribution < 1.29 is 14.2 Å². The maximum absolute atomic E-state index is 5.86. The Kier molecular flexibility index (Phi) is 11.1. The summed E-state index contributed by atoms with van der Waals surface area (Å²) in [6, 6.07) is 8.63. The van der Waals surface area contributed by atoms with Gasteiger partial charge in [-0.1, -0.05) is 24.3 Å². The van der Waals surface area contributed by atoms with Crippen molar-refractivity contribution in [3.63, 3.8) is 0 Å². The minimum Gasteiger partial charge on any atom is -0.381 e. The molecule has 0 aliphatic carbocycles. The molecule has 2 aliphatic heterocycles. The first-order valence-electron chi connectivity index (χ1n) is 11.9. The molecule has 0 radical (unpaired) electrons. The number of hydrogen-bond donors (Lipinski definition) is 2. The highest BCUT2D eigenvalue weighted by Crippen LogP contribution is 2.15. The summed E-state index contributed by atoms with van der Waals surface area (Å²) in [4.78, 5) is 7.28. The zero-order valence-corrected chi connectivity index (χ0v) is 19.1. The molecule has 0 unspecified atom stereocenters. The third-order valence-corrected chi connectivity index (χ3v) is 5.82. The van der Waals surface area contributed by atoms with Gasteiger partial charge in [0.15, 0.2) is 5.96 Å². The summed E-state index contributed by atoms with van der Waals surface area (Å²) < 4.78 is 16.7. The summed E-state index contributed by atoms with van der Waals surface area (Å²) in [5.41, 5.74) is 2.64. The Morgan fingerprint density at radius 1 is 1.06 bits per heavy atom. The minimum absolute atomic E-state index is 0.665. The highest BCUT2D eigenvalue weighted by atomic mass is 16.5. The smallest absolute Gasteiger partial charge is 0.191 e. The standard InChI is InChI=1S/C24H40N4O3/c1-2-25-24(26-10-5-13-31-20-21-8-14-29-15-9-21)27-18-22-6-3-4-7-23(22)19-28-11-16-30-17-12-28/h3-4,6-7,21H,2,5,8-20H2,1H3,(H2,25,26,27). The molecule has 2 aliphatic rings. The van der Waals surface area contributed by atoms with E-state index in [1.54, 1.807) is 0 Å². The molecule has 7 heteroatoms. The highest BCUT2D eigenvalue weighted by Gasteiger charge is 2.14. The normalized spacial score (nSPS) is 18.8. The molecule has 0 amide bonds. The van der Waals surface area contributed by atoms with Crippen molar-refractivity contribution in [1.29, 1.82) is 0 Å². The molecule has 174 valence electrons. The largest absolute Gasteiger partial charge is 0.381 e. The van der Waals surface area contributed by atoms with E-state index < -0.39 is 0 Å². The van der Waals surface area contributed by atoms with Gasteiger partial charge in [0.25, 0.3) is 0 Å². The summed E-state index contributed by atoms with van der Waals surface area (Å²) >= 11 is 0. The van der Waals surface area contributed by atoms with Gasteiger partial charge < -0.3 is 24.8 Å². The van der Waals surface area contributed by atoms with Crippen molar-refractivity contribution in [1.82, 2.24) is 15.5 Å². The van der Waals surface area contributed by atoms with Crippen molar-refractivity contribution >= 4 is 5.96 Å². The van der Waals surface area contributed by atoms with Crippen LogP contribution in [0.15, 0.2) is 29.3 Å². The van der Waals surface area contributed by atoms with Crippen molar-refractivity contribution in [2.45, 2.75) is 39.3 Å². The van der Waals surface area contributed by atoms with Gasteiger partial charge in [0.1, 0.15) is 0 Å². The van der Waals surface area contributed by atoms with Crippen LogP contribution >= 0.6 is 0 Å². The van der Waals surface area contributed by atoms with Crippen molar-refractivity contribution in [3.05, 3.63) is 35.4 Å². The van der Waals surface area contributed by atoms with Crippen LogP contribution in [0, 0.1) is 5.92 Å². The first-order chi connectivity index (χ1) is 15.3. The number of nitrogens with one attached hydrogen (secondary N) is 2. The second-order valence-corrected chi connectivity index (χ2v) is 8.26. The van der Waals surface area contributed by atoms with E-state index in [1.807, 2.05) is 0 Å². The second-order valence-electron chi connectivity index (χ2n) is 8.26. The van der Waals surface area contributed by atoms with Crippen LogP contribution in [-0.4, -0.2) is 76.7 Å². The molecule has 2 fully saturated rings. The lowest BCUT2D eigenvalue weighted by Crippen LogP contribution is -2.38. The van der Waals surface area contributed by atoms with E-state index in [9.17, 15) is 0 Å². The van der Waals surface area contributed by atoms with E-state index in [-0.39, 0.29) is 0 Å². The lowest BCUT2D eigenvalue weighted by atomic mass is 10.0. The van der Waals surface area contributed by atoms with Crippen LogP contribution < -0.4 is 10.6 Å². The number of ether oxygens (including phenoxy) is 3. The van der Waals surface area contributed by atoms with Crippen LogP contribution in [0.5, 0.6) is 0 Å². The summed E-state index contributed by atoms with van der Waals surface area (Å²) in [6.07, 6.45) is 3.23. The van der Waals surface area contributed by atoms with E-state index in [4.69, 9.17) is 19.2 Å². The van der Waals surface area contributed by atoms with Crippen LogP contribution in [-0.2, 0) is 27.3 Å². The Balaban J connectivity index is 1.40. The molecular weight excluding hydrogens is 392 g/mol. The van der Waals surface area contributed by atoms with Gasteiger partial charge in [0.05, 0.1) is 19.8 Å². The molecule has 2 N–H and O–H groups in total. The molecule has 1 aromatic carbocycles. The van der Waals surface area contributed by atoms with E-state index in [1.165, 1.54) is 11.1 Å². The maximum atomic E-state index is 5.86. The van der Waals surface area contributed by atoms with Gasteiger partial charge in [-0.3, -0.25) is 4.90 Å². The van der Waals surface area contributed by atoms with Crippen LogP contribution in [0.2, 0.25) is 0 Å². The first-order valence-corrected chi connectivity index (χ1v) is 11.9. The Labute approximate surface area is 187 Å². The van der Waals surface area contributed by atoms with Crippen molar-refractivity contribution in [2.24, 2.45) is 10.9 Å². The van der Waals surface area contributed by atoms with E-state index >= 15 is 0 Å². The number of guanidine groups is 1. The summed E-state index contributed by atoms with van der Waals surface area (Å²) in [6.45, 7) is 12.5. The molecule has 0 saturated carbocycles. The SMILES string of the molecule is CCNC(=NCc1ccccc1CN1CCOCC1)NCCCOCC1CCOCC1. The van der Waals surface area contributed by atoms with Crippen molar-refractivity contribution in [2.75, 3.05) is 65.8 Å². The lowest BCUT2D eigenvalue weighted by Gasteiger charge is -2.27. The number of aliphatic imine (C=N–C) groups is 1. The van der Waals surface area contributed by atoms with Gasteiger partial charge >= 0.3 is 0 Å². The molecule has 1 aromatic rings. The predicted molar refractivity (Wildman–Crippen MR) is 124 cm³/mol. The third-order valence-electron chi connectivity index (χ3n) is 5.82. The fourth-order valence-corrected chi connectivity index (χ4v) is 3.92. The first kappa shape index (κ1) is 24.0. The molecular formula is C24H40N4O3. The van der Waals surface area contributed by atoms with Gasteiger partial charge in [0.2, 0.25) is 0 Å². The van der Waals surface area contributed by atoms with E-state index in [0.717, 1.165) is 97.6 Å². The average molecular weight is 433 g/mol. The zero-order chi connectivity index (χ0) is 21.6. The maximum Gasteiger partial charge on any atom is 0.191 e. The Morgan fingerprint density at radius 2 is 1.81 bits per heavy atom. The summed E-state index contributed by atoms with van der Waals surface area (Å²) in [7, 11) is 0. The second kappa shape index (κ2) is 14.4. The van der Waals surface area contributed by atoms with Crippen molar-refractivity contribution in [3.8, 4) is 0 Å². The molecule has 0 aromatic heterocycles. The van der Waals surface area contributed by atoms with Crippen LogP contribution in [0.1, 0.15) is 37.3 Å². The van der Waals surface area contributed by atoms with Gasteiger partial charge in [-0.25, -0.2) is 4.99 Å². The number of benzene rings is 1. The Morgan fingerprint density at radius 3 is 2.58 bits per heavy atom. The topological polar surface area (TPSA) is 67.4 Å². The molecule has 0 atom stereocenters. The fraction of sp³-hybridized carbons (Fsp3) is 0.708. The Hall–Kier alpha value is -1.67. The van der Waals surface area contributed by atoms with E-state index in [0.29, 0.717) is 12.5 Å². The molecule has 2 heterocycles. The quantitative estimate of drug-likeness (QED) is 0.318. The fourth-order valence-electron chi connectivity index (χ4n) is 3.92. The number of hydrogen-bond acceptors (Lipinski definition) is 5. The average Bonchev–Trinajstić information content (AvgIpc) is 2.82. The van der Waals surface area contributed by atoms with Crippen LogP contribution in [0.4, 0.5) is 0 Å². The van der Waals surface area contributed by atoms with Crippen LogP contribution in [0.25, 0.3) is 0 Å². The number of morpholine rings is 1. The molecule has 31 heavy (non-hydrogen) atoms. The summed E-state index contributed by atoms with van der Waals surface area (Å²) in [5, 5.41) is 6.80. The van der Waals surface area contributed by atoms with Gasteiger partial charge in [-0.05, 0) is 43.2 Å². The minimum atomic E-state index is 0.665. The van der Waals surface area contributed by atoms with Gasteiger partial charge in [0, 0.05) is 59.2 Å². The van der Waals surface area contributed by atoms with Gasteiger partial charge in [-0.2, -0.15) is 0 Å². The molecule has 0 bridgehead atoms. The zero-order valence-electron chi connectivity index (χ0n) is 19.1. The van der Waals surface area contributed by atoms with Crippen LogP contribution in [0.3, 0.4) is 0 Å².